The van der Waals surface area contributed by atoms with Crippen LogP contribution in [0.1, 0.15) is 45.0 Å². The minimum Gasteiger partial charge on any atom is -0.480 e. The molecule has 1 aromatic rings. The molecule has 1 N–H and O–H groups in total. The Morgan fingerprint density at radius 3 is 2.33 bits per heavy atom. The number of rotatable bonds is 5. The molecular formula is C13H20N2O2S. The van der Waals surface area contributed by atoms with Gasteiger partial charge in [0.05, 0.1) is 0 Å². The topological polar surface area (TPSA) is 63.1 Å². The smallest absolute Gasteiger partial charge is 0.317 e. The Balaban J connectivity index is 2.99. The van der Waals surface area contributed by atoms with Crippen LogP contribution >= 0.6 is 11.8 Å². The minimum absolute atomic E-state index is 0.0408. The zero-order valence-corrected chi connectivity index (χ0v) is 12.3. The van der Waals surface area contributed by atoms with E-state index in [2.05, 4.69) is 23.8 Å². The maximum Gasteiger partial charge on any atom is 0.317 e. The van der Waals surface area contributed by atoms with Crippen LogP contribution in [0.25, 0.3) is 0 Å². The van der Waals surface area contributed by atoms with Gasteiger partial charge in [-0.15, -0.1) is 0 Å². The summed E-state index contributed by atoms with van der Waals surface area (Å²) in [7, 11) is 0. The van der Waals surface area contributed by atoms with Gasteiger partial charge in [0.2, 0.25) is 0 Å². The second-order valence-corrected chi connectivity index (χ2v) is 6.10. The molecule has 0 aliphatic carbocycles. The molecule has 0 saturated heterocycles. The van der Waals surface area contributed by atoms with Crippen molar-refractivity contribution in [2.75, 3.05) is 0 Å². The number of aryl methyl sites for hydroxylation is 1. The molecule has 0 bridgehead atoms. The van der Waals surface area contributed by atoms with Gasteiger partial charge < -0.3 is 5.11 Å². The average molecular weight is 268 g/mol. The van der Waals surface area contributed by atoms with Gasteiger partial charge in [0.25, 0.3) is 0 Å². The number of aromatic nitrogens is 2. The molecule has 100 valence electrons. The van der Waals surface area contributed by atoms with Crippen LogP contribution in [0, 0.1) is 12.8 Å². The van der Waals surface area contributed by atoms with Crippen LogP contribution in [0.5, 0.6) is 0 Å². The van der Waals surface area contributed by atoms with E-state index < -0.39 is 11.2 Å². The molecule has 0 aliphatic heterocycles. The van der Waals surface area contributed by atoms with Gasteiger partial charge in [-0.1, -0.05) is 39.5 Å². The molecular weight excluding hydrogens is 248 g/mol. The number of nitrogens with zero attached hydrogens (tertiary/aromatic N) is 2. The summed E-state index contributed by atoms with van der Waals surface area (Å²) >= 11 is 1.23. The molecule has 0 radical (unpaired) electrons. The Bertz CT molecular complexity index is 433. The van der Waals surface area contributed by atoms with Crippen molar-refractivity contribution >= 4 is 17.7 Å². The van der Waals surface area contributed by atoms with E-state index in [-0.39, 0.29) is 5.92 Å². The van der Waals surface area contributed by atoms with Gasteiger partial charge in [-0.05, 0) is 24.8 Å². The average Bonchev–Trinajstić information content (AvgIpc) is 2.24. The lowest BCUT2D eigenvalue weighted by molar-refractivity contribution is -0.137. The lowest BCUT2D eigenvalue weighted by Crippen LogP contribution is -2.23. The number of aliphatic carboxylic acids is 1. The number of carbonyl (C=O) groups is 1. The molecule has 0 spiro atoms. The zero-order chi connectivity index (χ0) is 13.9. The molecule has 0 saturated carbocycles. The summed E-state index contributed by atoms with van der Waals surface area (Å²) in [5, 5.41) is 9.22. The Kier molecular flexibility index (Phi) is 5.14. The fraction of sp³-hybridized carbons (Fsp3) is 0.615. The molecule has 1 heterocycles. The van der Waals surface area contributed by atoms with E-state index in [4.69, 9.17) is 0 Å². The van der Waals surface area contributed by atoms with Gasteiger partial charge in [-0.2, -0.15) is 0 Å². The predicted octanol–water partition coefficient (Wildman–Crippen LogP) is 3.11. The first-order chi connectivity index (χ1) is 8.31. The van der Waals surface area contributed by atoms with Crippen molar-refractivity contribution in [2.45, 2.75) is 50.9 Å². The fourth-order valence-corrected chi connectivity index (χ4v) is 2.45. The minimum atomic E-state index is -0.814. The number of hydrogen-bond acceptors (Lipinski definition) is 4. The lowest BCUT2D eigenvalue weighted by Gasteiger charge is -2.15. The molecule has 0 aliphatic rings. The Morgan fingerprint density at radius 1 is 1.28 bits per heavy atom. The molecule has 1 rings (SSSR count). The van der Waals surface area contributed by atoms with Crippen LogP contribution in [0.4, 0.5) is 0 Å². The third-order valence-corrected chi connectivity index (χ3v) is 3.92. The second-order valence-electron chi connectivity index (χ2n) is 4.99. The largest absolute Gasteiger partial charge is 0.480 e. The Labute approximate surface area is 112 Å². The molecule has 1 aromatic heterocycles. The van der Waals surface area contributed by atoms with E-state index in [0.29, 0.717) is 11.1 Å². The number of hydrogen-bond donors (Lipinski definition) is 1. The first kappa shape index (κ1) is 15.0. The molecule has 1 atom stereocenters. The summed E-state index contributed by atoms with van der Waals surface area (Å²) in [5.41, 5.74) is 1.84. The van der Waals surface area contributed by atoms with Gasteiger partial charge in [-0.25, -0.2) is 9.97 Å². The molecule has 0 amide bonds. The van der Waals surface area contributed by atoms with Crippen molar-refractivity contribution in [1.82, 2.24) is 9.97 Å². The van der Waals surface area contributed by atoms with E-state index in [1.54, 1.807) is 0 Å². The lowest BCUT2D eigenvalue weighted by atomic mass is 10.1. The molecule has 18 heavy (non-hydrogen) atoms. The fourth-order valence-electron chi connectivity index (χ4n) is 1.50. The van der Waals surface area contributed by atoms with Crippen molar-refractivity contribution in [2.24, 2.45) is 5.92 Å². The van der Waals surface area contributed by atoms with Crippen molar-refractivity contribution < 1.29 is 9.90 Å². The second kappa shape index (κ2) is 6.18. The van der Waals surface area contributed by atoms with Gasteiger partial charge >= 0.3 is 5.97 Å². The van der Waals surface area contributed by atoms with E-state index in [1.807, 2.05) is 26.8 Å². The first-order valence-electron chi connectivity index (χ1n) is 6.06. The maximum absolute atomic E-state index is 11.2. The third-order valence-electron chi connectivity index (χ3n) is 2.53. The standard InChI is InChI=1S/C13H20N2O2S/c1-7(2)10-6-9(5)14-13(15-10)18-11(8(3)4)12(16)17/h6-8,11H,1-5H3,(H,16,17). The van der Waals surface area contributed by atoms with Gasteiger partial charge in [0.1, 0.15) is 5.25 Å². The Morgan fingerprint density at radius 2 is 1.89 bits per heavy atom. The maximum atomic E-state index is 11.2. The van der Waals surface area contributed by atoms with E-state index >= 15 is 0 Å². The molecule has 5 heteroatoms. The SMILES string of the molecule is Cc1cc(C(C)C)nc(SC(C(=O)O)C(C)C)n1. The van der Waals surface area contributed by atoms with Crippen LogP contribution < -0.4 is 0 Å². The van der Waals surface area contributed by atoms with E-state index in [9.17, 15) is 9.90 Å². The molecule has 1 unspecified atom stereocenters. The summed E-state index contributed by atoms with van der Waals surface area (Å²) in [6.07, 6.45) is 0. The van der Waals surface area contributed by atoms with Crippen LogP contribution in [0.15, 0.2) is 11.2 Å². The van der Waals surface area contributed by atoms with E-state index in [1.165, 1.54) is 11.8 Å². The molecule has 0 fully saturated rings. The Hall–Kier alpha value is -1.10. The summed E-state index contributed by atoms with van der Waals surface area (Å²) in [5.74, 6) is -0.460. The van der Waals surface area contributed by atoms with Crippen molar-refractivity contribution in [1.29, 1.82) is 0 Å². The number of carboxylic acid groups (broad SMARTS) is 1. The van der Waals surface area contributed by atoms with Gasteiger partial charge in [0, 0.05) is 11.4 Å². The summed E-state index contributed by atoms with van der Waals surface area (Å²) in [4.78, 5) is 19.9. The summed E-state index contributed by atoms with van der Waals surface area (Å²) in [6.45, 7) is 9.82. The normalized spacial score (nSPS) is 13.1. The predicted molar refractivity (Wildman–Crippen MR) is 73.0 cm³/mol. The van der Waals surface area contributed by atoms with Gasteiger partial charge in [0.15, 0.2) is 5.16 Å². The van der Waals surface area contributed by atoms with E-state index in [0.717, 1.165) is 11.4 Å². The summed E-state index contributed by atoms with van der Waals surface area (Å²) in [6, 6.07) is 1.94. The molecule has 0 aromatic carbocycles. The van der Waals surface area contributed by atoms with Crippen molar-refractivity contribution in [3.05, 3.63) is 17.5 Å². The highest BCUT2D eigenvalue weighted by Gasteiger charge is 2.24. The van der Waals surface area contributed by atoms with Gasteiger partial charge in [-0.3, -0.25) is 4.79 Å². The number of thioether (sulfide) groups is 1. The summed E-state index contributed by atoms with van der Waals surface area (Å²) < 4.78 is 0. The third kappa shape index (κ3) is 3.98. The van der Waals surface area contributed by atoms with Crippen LogP contribution in [0.3, 0.4) is 0 Å². The van der Waals surface area contributed by atoms with Crippen LogP contribution in [0.2, 0.25) is 0 Å². The highest BCUT2D eigenvalue weighted by molar-refractivity contribution is 8.00. The quantitative estimate of drug-likeness (QED) is 0.656. The molecule has 4 nitrogen and oxygen atoms in total. The highest BCUT2D eigenvalue weighted by Crippen LogP contribution is 2.27. The zero-order valence-electron chi connectivity index (χ0n) is 11.5. The number of carboxylic acids is 1. The first-order valence-corrected chi connectivity index (χ1v) is 6.94. The highest BCUT2D eigenvalue weighted by atomic mass is 32.2. The van der Waals surface area contributed by atoms with Crippen molar-refractivity contribution in [3.8, 4) is 0 Å². The van der Waals surface area contributed by atoms with Crippen LogP contribution in [-0.4, -0.2) is 26.3 Å². The monoisotopic (exact) mass is 268 g/mol. The van der Waals surface area contributed by atoms with Crippen LogP contribution in [-0.2, 0) is 4.79 Å². The van der Waals surface area contributed by atoms with Crippen molar-refractivity contribution in [3.63, 3.8) is 0 Å².